The molecule has 0 bridgehead atoms. The van der Waals surface area contributed by atoms with Crippen molar-refractivity contribution < 1.29 is 19.4 Å². The fraction of sp³-hybridized carbons (Fsp3) is 0.556. The highest BCUT2D eigenvalue weighted by molar-refractivity contribution is 7.03. The molecule has 0 saturated carbocycles. The van der Waals surface area contributed by atoms with E-state index in [4.69, 9.17) is 4.74 Å². The van der Waals surface area contributed by atoms with E-state index in [0.29, 0.717) is 13.2 Å². The summed E-state index contributed by atoms with van der Waals surface area (Å²) >= 11 is 1.04. The first-order valence-electron chi connectivity index (χ1n) is 5.05. The van der Waals surface area contributed by atoms with Crippen LogP contribution in [-0.4, -0.2) is 45.3 Å². The van der Waals surface area contributed by atoms with E-state index < -0.39 is 17.4 Å². The molecular weight excluding hydrogens is 246 g/mol. The van der Waals surface area contributed by atoms with Crippen LogP contribution in [0.5, 0.6) is 0 Å². The minimum atomic E-state index is -1.25. The van der Waals surface area contributed by atoms with E-state index in [0.717, 1.165) is 11.5 Å². The van der Waals surface area contributed by atoms with Crippen LogP contribution in [0, 0.1) is 0 Å². The summed E-state index contributed by atoms with van der Waals surface area (Å²) in [6, 6.07) is 0. The molecule has 1 saturated heterocycles. The van der Waals surface area contributed by atoms with Crippen molar-refractivity contribution in [3.05, 3.63) is 11.1 Å². The largest absolute Gasteiger partial charge is 0.480 e. The van der Waals surface area contributed by atoms with Gasteiger partial charge < -0.3 is 15.2 Å². The Hall–Kier alpha value is -1.54. The van der Waals surface area contributed by atoms with Gasteiger partial charge in [0.15, 0.2) is 5.69 Å². The van der Waals surface area contributed by atoms with Gasteiger partial charge in [-0.3, -0.25) is 4.79 Å². The van der Waals surface area contributed by atoms with Crippen molar-refractivity contribution in [2.45, 2.75) is 18.4 Å². The number of aromatic nitrogens is 2. The Labute approximate surface area is 101 Å². The lowest BCUT2D eigenvalue weighted by Gasteiger charge is -2.33. The Morgan fingerprint density at radius 3 is 2.71 bits per heavy atom. The average Bonchev–Trinajstić information content (AvgIpc) is 2.83. The number of aliphatic carboxylic acids is 1. The molecule has 0 unspecified atom stereocenters. The van der Waals surface area contributed by atoms with Crippen molar-refractivity contribution in [2.75, 3.05) is 13.2 Å². The van der Waals surface area contributed by atoms with Crippen molar-refractivity contribution >= 4 is 23.4 Å². The number of carboxylic acid groups (broad SMARTS) is 1. The highest BCUT2D eigenvalue weighted by Gasteiger charge is 2.42. The zero-order valence-electron chi connectivity index (χ0n) is 8.88. The number of hydrogen-bond acceptors (Lipinski definition) is 6. The van der Waals surface area contributed by atoms with Crippen LogP contribution in [0.3, 0.4) is 0 Å². The molecule has 1 fully saturated rings. The minimum absolute atomic E-state index is 0.141. The lowest BCUT2D eigenvalue weighted by Crippen LogP contribution is -2.57. The topological polar surface area (TPSA) is 101 Å². The Kier molecular flexibility index (Phi) is 3.34. The quantitative estimate of drug-likeness (QED) is 0.784. The number of carbonyl (C=O) groups is 2. The van der Waals surface area contributed by atoms with Crippen molar-refractivity contribution in [1.82, 2.24) is 14.9 Å². The Bertz CT molecular complexity index is 414. The smallest absolute Gasteiger partial charge is 0.329 e. The molecule has 0 aliphatic carbocycles. The van der Waals surface area contributed by atoms with E-state index in [2.05, 4.69) is 14.9 Å². The van der Waals surface area contributed by atoms with Crippen LogP contribution in [0.15, 0.2) is 5.38 Å². The summed E-state index contributed by atoms with van der Waals surface area (Å²) < 4.78 is 8.67. The molecule has 1 aromatic heterocycles. The van der Waals surface area contributed by atoms with Gasteiger partial charge in [-0.15, -0.1) is 5.10 Å². The van der Waals surface area contributed by atoms with Crippen molar-refractivity contribution in [1.29, 1.82) is 0 Å². The second-order valence-corrected chi connectivity index (χ2v) is 4.35. The van der Waals surface area contributed by atoms with Gasteiger partial charge in [0.1, 0.15) is 5.54 Å². The summed E-state index contributed by atoms with van der Waals surface area (Å²) in [5.74, 6) is -1.56. The maximum atomic E-state index is 11.8. The van der Waals surface area contributed by atoms with E-state index in [1.807, 2.05) is 0 Å². The van der Waals surface area contributed by atoms with Gasteiger partial charge in [0.25, 0.3) is 5.91 Å². The van der Waals surface area contributed by atoms with E-state index in [-0.39, 0.29) is 18.5 Å². The maximum absolute atomic E-state index is 11.8. The number of ether oxygens (including phenoxy) is 1. The van der Waals surface area contributed by atoms with E-state index in [1.54, 1.807) is 0 Å². The Balaban J connectivity index is 2.13. The summed E-state index contributed by atoms with van der Waals surface area (Å²) in [6.07, 6.45) is 0.511. The molecule has 1 aliphatic rings. The fourth-order valence-electron chi connectivity index (χ4n) is 1.66. The SMILES string of the molecule is O=C(NC1(C(=O)O)CCOCC1)c1csnn1. The van der Waals surface area contributed by atoms with Gasteiger partial charge in [0.05, 0.1) is 0 Å². The normalized spacial score (nSPS) is 18.6. The van der Waals surface area contributed by atoms with Crippen LogP contribution in [-0.2, 0) is 9.53 Å². The predicted molar refractivity (Wildman–Crippen MR) is 57.8 cm³/mol. The van der Waals surface area contributed by atoms with Gasteiger partial charge in [-0.2, -0.15) is 0 Å². The van der Waals surface area contributed by atoms with Crippen LogP contribution in [0.25, 0.3) is 0 Å². The van der Waals surface area contributed by atoms with Gasteiger partial charge in [-0.25, -0.2) is 4.79 Å². The standard InChI is InChI=1S/C9H11N3O4S/c13-7(6-5-17-12-11-6)10-9(8(14)15)1-3-16-4-2-9/h5H,1-4H2,(H,10,13)(H,14,15). The molecule has 1 aromatic rings. The van der Waals surface area contributed by atoms with E-state index in [1.165, 1.54) is 5.38 Å². The van der Waals surface area contributed by atoms with Crippen LogP contribution in [0.4, 0.5) is 0 Å². The minimum Gasteiger partial charge on any atom is -0.480 e. The van der Waals surface area contributed by atoms with Gasteiger partial charge in [0.2, 0.25) is 0 Å². The highest BCUT2D eigenvalue weighted by Crippen LogP contribution is 2.21. The van der Waals surface area contributed by atoms with Gasteiger partial charge in [-0.05, 0) is 11.5 Å². The molecule has 92 valence electrons. The zero-order chi connectivity index (χ0) is 12.3. The number of nitrogens with zero attached hydrogens (tertiary/aromatic N) is 2. The molecule has 7 nitrogen and oxygen atoms in total. The van der Waals surface area contributed by atoms with Crippen LogP contribution in [0.2, 0.25) is 0 Å². The Morgan fingerprint density at radius 2 is 2.18 bits per heavy atom. The third kappa shape index (κ3) is 2.42. The molecular formula is C9H11N3O4S. The third-order valence-corrected chi connectivity index (χ3v) is 3.21. The van der Waals surface area contributed by atoms with Crippen LogP contribution >= 0.6 is 11.5 Å². The molecule has 2 heterocycles. The number of hydrogen-bond donors (Lipinski definition) is 2. The first kappa shape index (κ1) is 11.9. The summed E-state index contributed by atoms with van der Waals surface area (Å²) in [4.78, 5) is 23.1. The van der Waals surface area contributed by atoms with Gasteiger partial charge in [0, 0.05) is 31.4 Å². The Morgan fingerprint density at radius 1 is 1.47 bits per heavy atom. The van der Waals surface area contributed by atoms with Crippen molar-refractivity contribution in [3.8, 4) is 0 Å². The lowest BCUT2D eigenvalue weighted by atomic mass is 9.90. The second kappa shape index (κ2) is 4.76. The number of nitrogens with one attached hydrogen (secondary N) is 1. The molecule has 0 atom stereocenters. The molecule has 17 heavy (non-hydrogen) atoms. The molecule has 2 rings (SSSR count). The molecule has 8 heteroatoms. The van der Waals surface area contributed by atoms with Gasteiger partial charge in [-0.1, -0.05) is 4.49 Å². The highest BCUT2D eigenvalue weighted by atomic mass is 32.1. The molecule has 2 N–H and O–H groups in total. The molecule has 0 radical (unpaired) electrons. The maximum Gasteiger partial charge on any atom is 0.329 e. The monoisotopic (exact) mass is 257 g/mol. The molecule has 0 aromatic carbocycles. The van der Waals surface area contributed by atoms with E-state index >= 15 is 0 Å². The summed E-state index contributed by atoms with van der Waals surface area (Å²) in [7, 11) is 0. The predicted octanol–water partition coefficient (Wildman–Crippen LogP) is -0.0983. The number of carbonyl (C=O) groups excluding carboxylic acids is 1. The summed E-state index contributed by atoms with van der Waals surface area (Å²) in [6.45, 7) is 0.643. The first-order chi connectivity index (χ1) is 8.14. The molecule has 1 aliphatic heterocycles. The number of carboxylic acids is 1. The zero-order valence-corrected chi connectivity index (χ0v) is 9.70. The lowest BCUT2D eigenvalue weighted by molar-refractivity contribution is -0.148. The third-order valence-electron chi connectivity index (χ3n) is 2.70. The number of amides is 1. The second-order valence-electron chi connectivity index (χ2n) is 3.74. The van der Waals surface area contributed by atoms with Crippen LogP contribution < -0.4 is 5.32 Å². The van der Waals surface area contributed by atoms with Crippen molar-refractivity contribution in [2.24, 2.45) is 0 Å². The summed E-state index contributed by atoms with van der Waals surface area (Å²) in [5, 5.41) is 16.8. The number of rotatable bonds is 3. The molecule has 0 spiro atoms. The molecule has 1 amide bonds. The first-order valence-corrected chi connectivity index (χ1v) is 5.88. The van der Waals surface area contributed by atoms with Crippen LogP contribution in [0.1, 0.15) is 23.3 Å². The summed E-state index contributed by atoms with van der Waals surface area (Å²) in [5.41, 5.74) is -1.11. The average molecular weight is 257 g/mol. The van der Waals surface area contributed by atoms with Gasteiger partial charge >= 0.3 is 5.97 Å². The fourth-order valence-corrected chi connectivity index (χ4v) is 2.09. The van der Waals surface area contributed by atoms with Crippen molar-refractivity contribution in [3.63, 3.8) is 0 Å². The van der Waals surface area contributed by atoms with E-state index in [9.17, 15) is 14.7 Å².